The van der Waals surface area contributed by atoms with Gasteiger partial charge in [0, 0.05) is 6.42 Å². The lowest BCUT2D eigenvalue weighted by Crippen LogP contribution is -2.17. The van der Waals surface area contributed by atoms with E-state index in [4.69, 9.17) is 10.5 Å². The smallest absolute Gasteiger partial charge is 0.496 e. The Bertz CT molecular complexity index is 440. The van der Waals surface area contributed by atoms with Crippen LogP contribution in [0.2, 0.25) is 0 Å². The Balaban J connectivity index is 2.07. The van der Waals surface area contributed by atoms with Crippen molar-refractivity contribution in [3.63, 3.8) is 0 Å². The van der Waals surface area contributed by atoms with Crippen molar-refractivity contribution < 1.29 is 22.6 Å². The summed E-state index contributed by atoms with van der Waals surface area (Å²) in [5.74, 6) is 0.388. The van der Waals surface area contributed by atoms with Crippen LogP contribution in [0, 0.1) is 0 Å². The summed E-state index contributed by atoms with van der Waals surface area (Å²) in [6, 6.07) is 5.01. The maximum absolute atomic E-state index is 12.0. The van der Waals surface area contributed by atoms with E-state index in [9.17, 15) is 13.2 Å². The molecule has 1 unspecified atom stereocenters. The van der Waals surface area contributed by atoms with E-state index < -0.39 is 12.4 Å². The number of halogens is 3. The van der Waals surface area contributed by atoms with Gasteiger partial charge in [0.2, 0.25) is 0 Å². The average molecular weight is 259 g/mol. The molecule has 1 aromatic rings. The number of hydrogen-bond acceptors (Lipinski definition) is 3. The van der Waals surface area contributed by atoms with Gasteiger partial charge in [-0.3, -0.25) is 0 Å². The average Bonchev–Trinajstić information content (AvgIpc) is 2.80. The molecular weight excluding hydrogens is 247 g/mol. The number of benzene rings is 1. The van der Waals surface area contributed by atoms with E-state index in [1.165, 1.54) is 24.3 Å². The third kappa shape index (κ3) is 3.16. The Labute approximate surface area is 102 Å². The molecule has 0 spiro atoms. The fourth-order valence-electron chi connectivity index (χ4n) is 1.69. The van der Waals surface area contributed by atoms with E-state index in [0.29, 0.717) is 17.9 Å². The van der Waals surface area contributed by atoms with Crippen LogP contribution in [0.3, 0.4) is 0 Å². The maximum atomic E-state index is 12.0. The molecule has 2 N–H and O–H groups in total. The van der Waals surface area contributed by atoms with E-state index >= 15 is 0 Å². The van der Waals surface area contributed by atoms with Crippen molar-refractivity contribution in [1.29, 1.82) is 0 Å². The second kappa shape index (κ2) is 4.89. The van der Waals surface area contributed by atoms with Crippen LogP contribution in [-0.4, -0.2) is 13.0 Å². The van der Waals surface area contributed by atoms with E-state index in [1.807, 2.05) is 6.08 Å². The van der Waals surface area contributed by atoms with Crippen LogP contribution in [-0.2, 0) is 4.74 Å². The highest BCUT2D eigenvalue weighted by Crippen LogP contribution is 2.27. The van der Waals surface area contributed by atoms with Gasteiger partial charge in [0.05, 0.1) is 12.6 Å². The molecule has 1 atom stereocenters. The van der Waals surface area contributed by atoms with Crippen molar-refractivity contribution in [2.75, 3.05) is 6.61 Å². The zero-order valence-electron chi connectivity index (χ0n) is 9.41. The number of nitrogens with two attached hydrogens (primary N) is 1. The summed E-state index contributed by atoms with van der Waals surface area (Å²) >= 11 is 0. The molecule has 1 heterocycles. The van der Waals surface area contributed by atoms with Crippen LogP contribution in [0.5, 0.6) is 5.75 Å². The topological polar surface area (TPSA) is 44.5 Å². The van der Waals surface area contributed by atoms with Gasteiger partial charge in [-0.05, 0) is 23.8 Å². The molecule has 3 nitrogen and oxygen atoms in total. The van der Waals surface area contributed by atoms with Crippen molar-refractivity contribution >= 4 is 0 Å². The van der Waals surface area contributed by atoms with Gasteiger partial charge in [0.25, 0.3) is 0 Å². The summed E-state index contributed by atoms with van der Waals surface area (Å²) in [7, 11) is 0. The van der Waals surface area contributed by atoms with Crippen molar-refractivity contribution in [1.82, 2.24) is 0 Å². The van der Waals surface area contributed by atoms with Gasteiger partial charge >= 0.3 is 6.36 Å². The highest BCUT2D eigenvalue weighted by Gasteiger charge is 2.31. The Morgan fingerprint density at radius 3 is 2.39 bits per heavy atom. The molecule has 1 aromatic carbocycles. The Morgan fingerprint density at radius 2 is 1.89 bits per heavy atom. The molecule has 18 heavy (non-hydrogen) atoms. The van der Waals surface area contributed by atoms with Gasteiger partial charge < -0.3 is 15.2 Å². The predicted octanol–water partition coefficient (Wildman–Crippen LogP) is 2.89. The monoisotopic (exact) mass is 259 g/mol. The lowest BCUT2D eigenvalue weighted by atomic mass is 10.1. The van der Waals surface area contributed by atoms with Gasteiger partial charge in [-0.2, -0.15) is 0 Å². The van der Waals surface area contributed by atoms with E-state index in [2.05, 4.69) is 4.74 Å². The standard InChI is InChI=1S/C12H12F3NO2/c13-12(14,15)18-9-5-3-8(4-6-9)11(16)10-2-1-7-17-10/h2-6,11H,1,7,16H2. The van der Waals surface area contributed by atoms with Gasteiger partial charge in [-0.25, -0.2) is 0 Å². The Kier molecular flexibility index (Phi) is 3.47. The first-order valence-corrected chi connectivity index (χ1v) is 5.40. The molecule has 6 heteroatoms. The zero-order valence-corrected chi connectivity index (χ0v) is 9.41. The molecule has 0 saturated carbocycles. The van der Waals surface area contributed by atoms with E-state index in [0.717, 1.165) is 6.42 Å². The first-order valence-electron chi connectivity index (χ1n) is 5.40. The number of ether oxygens (including phenoxy) is 2. The summed E-state index contributed by atoms with van der Waals surface area (Å²) in [5, 5.41) is 0. The molecule has 1 aliphatic heterocycles. The van der Waals surface area contributed by atoms with E-state index in [1.54, 1.807) is 0 Å². The summed E-state index contributed by atoms with van der Waals surface area (Å²) < 4.78 is 45.0. The molecule has 0 aliphatic carbocycles. The van der Waals surface area contributed by atoms with Crippen LogP contribution in [0.1, 0.15) is 18.0 Å². The second-order valence-corrected chi connectivity index (χ2v) is 3.84. The molecule has 1 aliphatic rings. The lowest BCUT2D eigenvalue weighted by Gasteiger charge is -2.14. The van der Waals surface area contributed by atoms with Crippen LogP contribution in [0.15, 0.2) is 36.1 Å². The quantitative estimate of drug-likeness (QED) is 0.907. The van der Waals surface area contributed by atoms with E-state index in [-0.39, 0.29) is 5.75 Å². The van der Waals surface area contributed by atoms with Gasteiger partial charge in [-0.1, -0.05) is 12.1 Å². The summed E-state index contributed by atoms with van der Waals surface area (Å²) in [6.07, 6.45) is -2.00. The van der Waals surface area contributed by atoms with Gasteiger partial charge in [-0.15, -0.1) is 13.2 Å². The minimum atomic E-state index is -4.68. The molecule has 0 radical (unpaired) electrons. The molecule has 0 aromatic heterocycles. The minimum absolute atomic E-state index is 0.264. The van der Waals surface area contributed by atoms with Crippen molar-refractivity contribution in [3.8, 4) is 5.75 Å². The molecule has 0 amide bonds. The Morgan fingerprint density at radius 1 is 1.22 bits per heavy atom. The molecule has 0 fully saturated rings. The van der Waals surface area contributed by atoms with Crippen molar-refractivity contribution in [2.45, 2.75) is 18.8 Å². The predicted molar refractivity (Wildman–Crippen MR) is 58.7 cm³/mol. The van der Waals surface area contributed by atoms with Crippen LogP contribution in [0.4, 0.5) is 13.2 Å². The molecule has 2 rings (SSSR count). The first kappa shape index (κ1) is 12.8. The number of hydrogen-bond donors (Lipinski definition) is 1. The van der Waals surface area contributed by atoms with Gasteiger partial charge in [0.15, 0.2) is 0 Å². The first-order chi connectivity index (χ1) is 8.46. The summed E-state index contributed by atoms with van der Waals surface area (Å²) in [6.45, 7) is 0.596. The third-order valence-electron chi connectivity index (χ3n) is 2.51. The van der Waals surface area contributed by atoms with Crippen LogP contribution < -0.4 is 10.5 Å². The zero-order chi connectivity index (χ0) is 13.2. The fraction of sp³-hybridized carbons (Fsp3) is 0.333. The third-order valence-corrected chi connectivity index (χ3v) is 2.51. The molecule has 0 bridgehead atoms. The Hall–Kier alpha value is -1.69. The second-order valence-electron chi connectivity index (χ2n) is 3.84. The molecular formula is C12H12F3NO2. The number of rotatable bonds is 3. The normalized spacial score (nSPS) is 17.0. The van der Waals surface area contributed by atoms with Crippen molar-refractivity contribution in [3.05, 3.63) is 41.7 Å². The fourth-order valence-corrected chi connectivity index (χ4v) is 1.69. The highest BCUT2D eigenvalue weighted by molar-refractivity contribution is 5.32. The molecule has 0 saturated heterocycles. The highest BCUT2D eigenvalue weighted by atomic mass is 19.4. The van der Waals surface area contributed by atoms with Crippen LogP contribution in [0.25, 0.3) is 0 Å². The molecule has 98 valence electrons. The maximum Gasteiger partial charge on any atom is 0.573 e. The SMILES string of the molecule is NC(C1=CCCO1)c1ccc(OC(F)(F)F)cc1. The lowest BCUT2D eigenvalue weighted by molar-refractivity contribution is -0.274. The van der Waals surface area contributed by atoms with Gasteiger partial charge in [0.1, 0.15) is 11.5 Å². The summed E-state index contributed by atoms with van der Waals surface area (Å²) in [5.41, 5.74) is 6.60. The van der Waals surface area contributed by atoms with Crippen LogP contribution >= 0.6 is 0 Å². The largest absolute Gasteiger partial charge is 0.573 e. The minimum Gasteiger partial charge on any atom is -0.496 e. The van der Waals surface area contributed by atoms with Crippen molar-refractivity contribution in [2.24, 2.45) is 5.73 Å². The summed E-state index contributed by atoms with van der Waals surface area (Å²) in [4.78, 5) is 0. The number of alkyl halides is 3.